The maximum atomic E-state index is 12.2. The maximum absolute atomic E-state index is 12.2. The summed E-state index contributed by atoms with van der Waals surface area (Å²) in [5.74, 6) is -0.897. The van der Waals surface area contributed by atoms with Gasteiger partial charge in [-0.15, -0.1) is 0 Å². The first-order valence-corrected chi connectivity index (χ1v) is 7.59. The highest BCUT2D eigenvalue weighted by Gasteiger charge is 2.30. The fourth-order valence-electron chi connectivity index (χ4n) is 2.57. The van der Waals surface area contributed by atoms with Crippen LogP contribution in [-0.4, -0.2) is 65.7 Å². The van der Waals surface area contributed by atoms with E-state index in [9.17, 15) is 14.7 Å². The number of nitrogens with zero attached hydrogens (tertiary/aromatic N) is 2. The smallest absolute Gasteiger partial charge is 0.326 e. The van der Waals surface area contributed by atoms with Crippen molar-refractivity contribution < 1.29 is 14.7 Å². The Balaban J connectivity index is 2.48. The number of carboxylic acid groups (broad SMARTS) is 1. The zero-order chi connectivity index (χ0) is 15.0. The van der Waals surface area contributed by atoms with Gasteiger partial charge in [0.2, 0.25) is 0 Å². The largest absolute Gasteiger partial charge is 0.480 e. The lowest BCUT2D eigenvalue weighted by Gasteiger charge is -2.27. The third-order valence-electron chi connectivity index (χ3n) is 3.90. The van der Waals surface area contributed by atoms with Gasteiger partial charge in [0.15, 0.2) is 0 Å². The zero-order valence-corrected chi connectivity index (χ0v) is 12.6. The lowest BCUT2D eigenvalue weighted by atomic mass is 10.1. The van der Waals surface area contributed by atoms with Crippen LogP contribution in [-0.2, 0) is 4.79 Å². The second-order valence-electron chi connectivity index (χ2n) is 5.16. The summed E-state index contributed by atoms with van der Waals surface area (Å²) in [5, 5.41) is 12.1. The molecule has 1 saturated heterocycles. The van der Waals surface area contributed by atoms with E-state index >= 15 is 0 Å². The van der Waals surface area contributed by atoms with Crippen molar-refractivity contribution in [2.24, 2.45) is 0 Å². The minimum atomic E-state index is -0.897. The first-order valence-electron chi connectivity index (χ1n) is 7.59. The Kier molecular flexibility index (Phi) is 7.36. The molecular weight excluding hydrogens is 258 g/mol. The molecule has 0 spiro atoms. The van der Waals surface area contributed by atoms with Crippen molar-refractivity contribution in [3.63, 3.8) is 0 Å². The third-order valence-corrected chi connectivity index (χ3v) is 3.90. The van der Waals surface area contributed by atoms with Gasteiger partial charge in [-0.2, -0.15) is 0 Å². The molecule has 1 heterocycles. The summed E-state index contributed by atoms with van der Waals surface area (Å²) in [6, 6.07) is -0.919. The van der Waals surface area contributed by atoms with Gasteiger partial charge < -0.3 is 20.2 Å². The van der Waals surface area contributed by atoms with E-state index in [0.29, 0.717) is 19.5 Å². The molecule has 20 heavy (non-hydrogen) atoms. The number of rotatable bonds is 6. The molecule has 116 valence electrons. The number of urea groups is 1. The molecule has 2 N–H and O–H groups in total. The summed E-state index contributed by atoms with van der Waals surface area (Å²) in [6.45, 7) is 7.96. The van der Waals surface area contributed by atoms with Crippen molar-refractivity contribution in [3.05, 3.63) is 0 Å². The van der Waals surface area contributed by atoms with E-state index in [1.807, 2.05) is 0 Å². The summed E-state index contributed by atoms with van der Waals surface area (Å²) in [7, 11) is 0. The van der Waals surface area contributed by atoms with E-state index in [-0.39, 0.29) is 6.03 Å². The zero-order valence-electron chi connectivity index (χ0n) is 12.6. The van der Waals surface area contributed by atoms with Crippen LogP contribution in [0, 0.1) is 0 Å². The highest BCUT2D eigenvalue weighted by molar-refractivity contribution is 5.82. The first kappa shape index (κ1) is 16.8. The van der Waals surface area contributed by atoms with Crippen LogP contribution in [0.25, 0.3) is 0 Å². The average Bonchev–Trinajstić information content (AvgIpc) is 2.69. The molecule has 0 aromatic heterocycles. The van der Waals surface area contributed by atoms with E-state index in [0.717, 1.165) is 38.9 Å². The molecule has 0 aliphatic carbocycles. The van der Waals surface area contributed by atoms with E-state index in [4.69, 9.17) is 0 Å². The normalized spacial score (nSPS) is 19.8. The second-order valence-corrected chi connectivity index (χ2v) is 5.16. The molecule has 1 atom stereocenters. The fraction of sp³-hybridized carbons (Fsp3) is 0.857. The summed E-state index contributed by atoms with van der Waals surface area (Å²) < 4.78 is 0. The number of carbonyl (C=O) groups is 2. The molecule has 0 aromatic carbocycles. The van der Waals surface area contributed by atoms with Gasteiger partial charge in [-0.25, -0.2) is 9.59 Å². The van der Waals surface area contributed by atoms with E-state index in [1.165, 1.54) is 4.90 Å². The molecule has 0 bridgehead atoms. The molecule has 0 saturated carbocycles. The van der Waals surface area contributed by atoms with Crippen molar-refractivity contribution in [2.75, 3.05) is 32.7 Å². The number of hydrogen-bond donors (Lipinski definition) is 2. The lowest BCUT2D eigenvalue weighted by Crippen LogP contribution is -2.50. The topological polar surface area (TPSA) is 72.9 Å². The number of aliphatic carboxylic acids is 1. The standard InChI is InChI=1S/C14H27N3O3/c1-3-16(4-2)11-9-15-14(20)17-10-7-5-6-8-12(17)13(18)19/h12H,3-11H2,1-2H3,(H,15,20)(H,18,19). The number of carboxylic acids is 1. The molecule has 1 unspecified atom stereocenters. The molecule has 1 aliphatic heterocycles. The Morgan fingerprint density at radius 2 is 1.95 bits per heavy atom. The van der Waals surface area contributed by atoms with Crippen LogP contribution < -0.4 is 5.32 Å². The number of nitrogens with one attached hydrogen (secondary N) is 1. The molecule has 6 heteroatoms. The van der Waals surface area contributed by atoms with Crippen molar-refractivity contribution >= 4 is 12.0 Å². The minimum Gasteiger partial charge on any atom is -0.480 e. The van der Waals surface area contributed by atoms with Gasteiger partial charge in [0.25, 0.3) is 0 Å². The fourth-order valence-corrected chi connectivity index (χ4v) is 2.57. The Morgan fingerprint density at radius 1 is 1.25 bits per heavy atom. The van der Waals surface area contributed by atoms with Crippen LogP contribution in [0.1, 0.15) is 39.5 Å². The number of hydrogen-bond acceptors (Lipinski definition) is 3. The molecule has 0 aromatic rings. The van der Waals surface area contributed by atoms with E-state index in [2.05, 4.69) is 24.1 Å². The van der Waals surface area contributed by atoms with Gasteiger partial charge in [0.1, 0.15) is 6.04 Å². The van der Waals surface area contributed by atoms with Crippen molar-refractivity contribution in [1.82, 2.24) is 15.1 Å². The van der Waals surface area contributed by atoms with Gasteiger partial charge in [-0.1, -0.05) is 26.7 Å². The van der Waals surface area contributed by atoms with Gasteiger partial charge in [-0.3, -0.25) is 0 Å². The Labute approximate surface area is 121 Å². The van der Waals surface area contributed by atoms with Crippen LogP contribution in [0.2, 0.25) is 0 Å². The number of likely N-dealkylation sites (N-methyl/N-ethyl adjacent to an activating group) is 1. The highest BCUT2D eigenvalue weighted by atomic mass is 16.4. The maximum Gasteiger partial charge on any atom is 0.326 e. The number of amides is 2. The molecule has 2 amide bonds. The van der Waals surface area contributed by atoms with Gasteiger partial charge in [0.05, 0.1) is 0 Å². The Bertz CT molecular complexity index is 319. The minimum absolute atomic E-state index is 0.244. The number of carbonyl (C=O) groups excluding carboxylic acids is 1. The summed E-state index contributed by atoms with van der Waals surface area (Å²) in [5.41, 5.74) is 0. The summed E-state index contributed by atoms with van der Waals surface area (Å²) in [6.07, 6.45) is 3.30. The molecule has 1 rings (SSSR count). The van der Waals surface area contributed by atoms with Crippen LogP contribution in [0.3, 0.4) is 0 Å². The van der Waals surface area contributed by atoms with Gasteiger partial charge >= 0.3 is 12.0 Å². The monoisotopic (exact) mass is 285 g/mol. The predicted molar refractivity (Wildman–Crippen MR) is 77.8 cm³/mol. The molecule has 1 aliphatic rings. The third kappa shape index (κ3) is 5.00. The average molecular weight is 285 g/mol. The van der Waals surface area contributed by atoms with Crippen LogP contribution in [0.5, 0.6) is 0 Å². The van der Waals surface area contributed by atoms with Crippen LogP contribution in [0.15, 0.2) is 0 Å². The van der Waals surface area contributed by atoms with E-state index in [1.54, 1.807) is 0 Å². The van der Waals surface area contributed by atoms with E-state index < -0.39 is 12.0 Å². The SMILES string of the molecule is CCN(CC)CCNC(=O)N1CCCCCC1C(=O)O. The first-order chi connectivity index (χ1) is 9.60. The highest BCUT2D eigenvalue weighted by Crippen LogP contribution is 2.17. The van der Waals surface area contributed by atoms with Crippen molar-refractivity contribution in [2.45, 2.75) is 45.6 Å². The summed E-state index contributed by atoms with van der Waals surface area (Å²) >= 11 is 0. The van der Waals surface area contributed by atoms with Crippen LogP contribution >= 0.6 is 0 Å². The second kappa shape index (κ2) is 8.79. The molecule has 6 nitrogen and oxygen atoms in total. The lowest BCUT2D eigenvalue weighted by molar-refractivity contribution is -0.142. The molecular formula is C14H27N3O3. The Hall–Kier alpha value is -1.30. The Morgan fingerprint density at radius 3 is 2.55 bits per heavy atom. The molecule has 0 radical (unpaired) electrons. The summed E-state index contributed by atoms with van der Waals surface area (Å²) in [4.78, 5) is 27.1. The number of likely N-dealkylation sites (tertiary alicyclic amines) is 1. The quantitative estimate of drug-likeness (QED) is 0.773. The van der Waals surface area contributed by atoms with Crippen molar-refractivity contribution in [3.8, 4) is 0 Å². The van der Waals surface area contributed by atoms with Gasteiger partial charge in [0, 0.05) is 19.6 Å². The van der Waals surface area contributed by atoms with Crippen LogP contribution in [0.4, 0.5) is 4.79 Å². The van der Waals surface area contributed by atoms with Crippen molar-refractivity contribution in [1.29, 1.82) is 0 Å². The predicted octanol–water partition coefficient (Wildman–Crippen LogP) is 1.37. The molecule has 1 fully saturated rings. The van der Waals surface area contributed by atoms with Gasteiger partial charge in [-0.05, 0) is 25.9 Å².